The van der Waals surface area contributed by atoms with E-state index in [1.165, 1.54) is 13.0 Å². The van der Waals surface area contributed by atoms with Crippen molar-refractivity contribution >= 4 is 41.5 Å². The highest BCUT2D eigenvalue weighted by atomic mass is 127. The van der Waals surface area contributed by atoms with E-state index in [0.717, 1.165) is 49.6 Å². The van der Waals surface area contributed by atoms with Crippen molar-refractivity contribution in [3.63, 3.8) is 0 Å². The Kier molecular flexibility index (Phi) is 12.2. The van der Waals surface area contributed by atoms with Gasteiger partial charge in [0.2, 0.25) is 5.91 Å². The molecule has 1 aliphatic rings. The molecule has 0 bridgehead atoms. The number of halogens is 1. The lowest BCUT2D eigenvalue weighted by Gasteiger charge is -2.32. The van der Waals surface area contributed by atoms with Crippen LogP contribution in [0.25, 0.3) is 0 Å². The maximum absolute atomic E-state index is 12.1. The first-order chi connectivity index (χ1) is 13.5. The molecule has 29 heavy (non-hydrogen) atoms. The average molecular weight is 515 g/mol. The van der Waals surface area contributed by atoms with Crippen LogP contribution in [-0.4, -0.2) is 49.5 Å². The van der Waals surface area contributed by atoms with Gasteiger partial charge in [-0.2, -0.15) is 0 Å². The van der Waals surface area contributed by atoms with Crippen molar-refractivity contribution in [2.24, 2.45) is 10.9 Å². The molecule has 1 saturated heterocycles. The molecule has 1 aliphatic heterocycles. The van der Waals surface area contributed by atoms with Crippen LogP contribution in [-0.2, 0) is 11.3 Å². The minimum atomic E-state index is 0. The number of piperidine rings is 1. The van der Waals surface area contributed by atoms with Gasteiger partial charge >= 0.3 is 0 Å². The number of guanidine groups is 1. The van der Waals surface area contributed by atoms with Gasteiger partial charge in [-0.05, 0) is 49.9 Å². The van der Waals surface area contributed by atoms with Crippen LogP contribution in [0.2, 0.25) is 0 Å². The third-order valence-electron chi connectivity index (χ3n) is 5.41. The molecule has 2 rings (SSSR count). The maximum Gasteiger partial charge on any atom is 0.227 e. The maximum atomic E-state index is 12.1. The SMILES string of the molecule is CCCN1CCC(NC(=NC)NCc2cccc(NC(=O)C(C)CC)c2)CC1.I. The Morgan fingerprint density at radius 3 is 2.62 bits per heavy atom. The van der Waals surface area contributed by atoms with Gasteiger partial charge in [0, 0.05) is 44.3 Å². The molecule has 7 heteroatoms. The summed E-state index contributed by atoms with van der Waals surface area (Å²) in [7, 11) is 1.81. The van der Waals surface area contributed by atoms with Crippen molar-refractivity contribution in [3.05, 3.63) is 29.8 Å². The van der Waals surface area contributed by atoms with Crippen LogP contribution in [0.4, 0.5) is 5.69 Å². The number of nitrogens with one attached hydrogen (secondary N) is 3. The molecule has 0 spiro atoms. The van der Waals surface area contributed by atoms with E-state index in [9.17, 15) is 4.79 Å². The van der Waals surface area contributed by atoms with E-state index >= 15 is 0 Å². The van der Waals surface area contributed by atoms with E-state index in [4.69, 9.17) is 0 Å². The average Bonchev–Trinajstić information content (AvgIpc) is 2.72. The molecule has 1 fully saturated rings. The predicted molar refractivity (Wildman–Crippen MR) is 133 cm³/mol. The Balaban J connectivity index is 0.00000420. The molecule has 1 heterocycles. The number of hydrogen-bond acceptors (Lipinski definition) is 3. The van der Waals surface area contributed by atoms with Crippen LogP contribution in [0.3, 0.4) is 0 Å². The number of nitrogens with zero attached hydrogens (tertiary/aromatic N) is 2. The number of rotatable bonds is 8. The molecular formula is C22H38IN5O. The summed E-state index contributed by atoms with van der Waals surface area (Å²) >= 11 is 0. The van der Waals surface area contributed by atoms with E-state index < -0.39 is 0 Å². The summed E-state index contributed by atoms with van der Waals surface area (Å²) in [6.07, 6.45) is 4.36. The van der Waals surface area contributed by atoms with Gasteiger partial charge in [-0.15, -0.1) is 24.0 Å². The quantitative estimate of drug-likeness (QED) is 0.280. The van der Waals surface area contributed by atoms with Gasteiger partial charge in [-0.25, -0.2) is 0 Å². The largest absolute Gasteiger partial charge is 0.354 e. The molecular weight excluding hydrogens is 477 g/mol. The number of amides is 1. The van der Waals surface area contributed by atoms with Gasteiger partial charge in [-0.3, -0.25) is 9.79 Å². The molecule has 0 saturated carbocycles. The molecule has 0 aromatic heterocycles. The lowest BCUT2D eigenvalue weighted by Crippen LogP contribution is -2.48. The second-order valence-corrected chi connectivity index (χ2v) is 7.68. The van der Waals surface area contributed by atoms with Gasteiger partial charge in [0.1, 0.15) is 0 Å². The van der Waals surface area contributed by atoms with E-state index in [-0.39, 0.29) is 35.8 Å². The molecule has 1 unspecified atom stereocenters. The van der Waals surface area contributed by atoms with Crippen molar-refractivity contribution in [2.45, 2.75) is 59.0 Å². The van der Waals surface area contributed by atoms with Crippen LogP contribution in [0.1, 0.15) is 52.0 Å². The highest BCUT2D eigenvalue weighted by Crippen LogP contribution is 2.13. The summed E-state index contributed by atoms with van der Waals surface area (Å²) in [5.74, 6) is 0.927. The molecule has 164 valence electrons. The Bertz CT molecular complexity index is 644. The number of likely N-dealkylation sites (tertiary alicyclic amines) is 1. The highest BCUT2D eigenvalue weighted by molar-refractivity contribution is 14.0. The number of carbonyl (C=O) groups is 1. The summed E-state index contributed by atoms with van der Waals surface area (Å²) in [4.78, 5) is 19.0. The summed E-state index contributed by atoms with van der Waals surface area (Å²) in [6, 6.07) is 8.45. The van der Waals surface area contributed by atoms with Crippen molar-refractivity contribution in [1.82, 2.24) is 15.5 Å². The van der Waals surface area contributed by atoms with Gasteiger partial charge in [0.05, 0.1) is 0 Å². The smallest absolute Gasteiger partial charge is 0.227 e. The second kappa shape index (κ2) is 13.8. The molecule has 1 aromatic rings. The first kappa shape index (κ1) is 25.7. The summed E-state index contributed by atoms with van der Waals surface area (Å²) in [5, 5.41) is 9.94. The zero-order valence-corrected chi connectivity index (χ0v) is 20.7. The summed E-state index contributed by atoms with van der Waals surface area (Å²) in [6.45, 7) is 10.4. The van der Waals surface area contributed by atoms with Crippen LogP contribution < -0.4 is 16.0 Å². The normalized spacial score (nSPS) is 16.6. The highest BCUT2D eigenvalue weighted by Gasteiger charge is 2.19. The van der Waals surface area contributed by atoms with Crippen molar-refractivity contribution in [2.75, 3.05) is 32.0 Å². The lowest BCUT2D eigenvalue weighted by atomic mass is 10.1. The second-order valence-electron chi connectivity index (χ2n) is 7.68. The van der Waals surface area contributed by atoms with E-state index in [0.29, 0.717) is 12.6 Å². The summed E-state index contributed by atoms with van der Waals surface area (Å²) < 4.78 is 0. The van der Waals surface area contributed by atoms with Crippen molar-refractivity contribution in [1.29, 1.82) is 0 Å². The zero-order valence-electron chi connectivity index (χ0n) is 18.3. The Labute approximate surface area is 193 Å². The van der Waals surface area contributed by atoms with Crippen molar-refractivity contribution in [3.8, 4) is 0 Å². The fraction of sp³-hybridized carbons (Fsp3) is 0.636. The number of aliphatic imine (C=N–C) groups is 1. The number of benzene rings is 1. The zero-order chi connectivity index (χ0) is 20.4. The first-order valence-corrected chi connectivity index (χ1v) is 10.6. The van der Waals surface area contributed by atoms with Gasteiger partial charge < -0.3 is 20.9 Å². The van der Waals surface area contributed by atoms with Crippen LogP contribution in [0.15, 0.2) is 29.3 Å². The molecule has 6 nitrogen and oxygen atoms in total. The molecule has 3 N–H and O–H groups in total. The third kappa shape index (κ3) is 8.90. The molecule has 1 aromatic carbocycles. The number of anilines is 1. The predicted octanol–water partition coefficient (Wildman–Crippen LogP) is 3.83. The van der Waals surface area contributed by atoms with Crippen LogP contribution in [0.5, 0.6) is 0 Å². The molecule has 0 aliphatic carbocycles. The van der Waals surface area contributed by atoms with E-state index in [1.807, 2.05) is 39.1 Å². The summed E-state index contributed by atoms with van der Waals surface area (Å²) in [5.41, 5.74) is 1.96. The molecule has 1 amide bonds. The van der Waals surface area contributed by atoms with Crippen LogP contribution >= 0.6 is 24.0 Å². The lowest BCUT2D eigenvalue weighted by molar-refractivity contribution is -0.119. The fourth-order valence-electron chi connectivity index (χ4n) is 3.40. The van der Waals surface area contributed by atoms with E-state index in [1.54, 1.807) is 0 Å². The Morgan fingerprint density at radius 1 is 1.28 bits per heavy atom. The van der Waals surface area contributed by atoms with E-state index in [2.05, 4.69) is 38.8 Å². The minimum Gasteiger partial charge on any atom is -0.354 e. The van der Waals surface area contributed by atoms with Gasteiger partial charge in [-0.1, -0.05) is 32.9 Å². The monoisotopic (exact) mass is 515 g/mol. The van der Waals surface area contributed by atoms with Crippen molar-refractivity contribution < 1.29 is 4.79 Å². The third-order valence-corrected chi connectivity index (χ3v) is 5.41. The standard InChI is InChI=1S/C22H37N5O.HI/c1-5-12-27-13-10-19(11-14-27)26-22(23-4)24-16-18-8-7-9-20(15-18)25-21(28)17(3)6-2;/h7-9,15,17,19H,5-6,10-14,16H2,1-4H3,(H,25,28)(H2,23,24,26);1H. The van der Waals surface area contributed by atoms with Gasteiger partial charge in [0.15, 0.2) is 5.96 Å². The molecule has 0 radical (unpaired) electrons. The van der Waals surface area contributed by atoms with Gasteiger partial charge in [0.25, 0.3) is 0 Å². The minimum absolute atomic E-state index is 0. The topological polar surface area (TPSA) is 68.8 Å². The first-order valence-electron chi connectivity index (χ1n) is 10.6. The number of hydrogen-bond donors (Lipinski definition) is 3. The number of carbonyl (C=O) groups excluding carboxylic acids is 1. The van der Waals surface area contributed by atoms with Crippen LogP contribution in [0, 0.1) is 5.92 Å². The Hall–Kier alpha value is -1.35. The molecule has 1 atom stereocenters. The Morgan fingerprint density at radius 2 is 2.00 bits per heavy atom. The fourth-order valence-corrected chi connectivity index (χ4v) is 3.40.